The van der Waals surface area contributed by atoms with Gasteiger partial charge in [-0.15, -0.1) is 0 Å². The van der Waals surface area contributed by atoms with Crippen LogP contribution in [0.5, 0.6) is 0 Å². The van der Waals surface area contributed by atoms with Crippen molar-refractivity contribution in [1.82, 2.24) is 4.98 Å². The quantitative estimate of drug-likeness (QED) is 0.885. The number of carboxylic acids is 1. The molecule has 0 fully saturated rings. The van der Waals surface area contributed by atoms with Crippen LogP contribution in [0.25, 0.3) is 0 Å². The Morgan fingerprint density at radius 2 is 1.81 bits per heavy atom. The van der Waals surface area contributed by atoms with Gasteiger partial charge in [0.05, 0.1) is 15.6 Å². The third kappa shape index (κ3) is 3.22. The van der Waals surface area contributed by atoms with Crippen LogP contribution < -0.4 is 5.32 Å². The number of aromatic nitrogens is 1. The maximum atomic E-state index is 13.2. The zero-order valence-electron chi connectivity index (χ0n) is 10.2. The summed E-state index contributed by atoms with van der Waals surface area (Å²) in [6.45, 7) is 0. The molecule has 1 aromatic carbocycles. The molecule has 2 N–H and O–H groups in total. The van der Waals surface area contributed by atoms with Crippen LogP contribution in [-0.4, -0.2) is 22.0 Å². The molecule has 8 heteroatoms. The summed E-state index contributed by atoms with van der Waals surface area (Å²) in [5.41, 5.74) is -1.14. The molecule has 0 spiro atoms. The Morgan fingerprint density at radius 3 is 2.38 bits per heavy atom. The van der Waals surface area contributed by atoms with E-state index in [1.54, 1.807) is 12.1 Å². The molecule has 0 atom stereocenters. The second kappa shape index (κ2) is 5.96. The highest BCUT2D eigenvalue weighted by atomic mass is 79.9. The highest BCUT2D eigenvalue weighted by molar-refractivity contribution is 9.10. The molecule has 1 aromatic heterocycles. The van der Waals surface area contributed by atoms with E-state index in [0.717, 1.165) is 0 Å². The van der Waals surface area contributed by atoms with E-state index in [1.807, 2.05) is 0 Å². The van der Waals surface area contributed by atoms with E-state index >= 15 is 0 Å². The number of nitrogens with one attached hydrogen (secondary N) is 1. The van der Waals surface area contributed by atoms with Crippen molar-refractivity contribution in [3.8, 4) is 0 Å². The van der Waals surface area contributed by atoms with Crippen LogP contribution in [-0.2, 0) is 0 Å². The summed E-state index contributed by atoms with van der Waals surface area (Å²) in [6, 6.07) is 4.21. The first-order valence-corrected chi connectivity index (χ1v) is 6.33. The molecule has 108 valence electrons. The average Bonchev–Trinajstić information content (AvgIpc) is 2.43. The number of aromatic carboxylic acids is 1. The summed E-state index contributed by atoms with van der Waals surface area (Å²) in [7, 11) is 0. The lowest BCUT2D eigenvalue weighted by molar-refractivity contribution is 0.0691. The van der Waals surface area contributed by atoms with Gasteiger partial charge in [0.2, 0.25) is 0 Å². The van der Waals surface area contributed by atoms with Crippen LogP contribution in [0.2, 0.25) is 0 Å². The number of rotatable bonds is 3. The highest BCUT2D eigenvalue weighted by Crippen LogP contribution is 2.21. The smallest absolute Gasteiger partial charge is 0.336 e. The predicted octanol–water partition coefficient (Wildman–Crippen LogP) is 3.07. The fraction of sp³-hybridized carbons (Fsp3) is 0. The fourth-order valence-electron chi connectivity index (χ4n) is 1.56. The minimum absolute atomic E-state index is 0.128. The van der Waals surface area contributed by atoms with Crippen molar-refractivity contribution in [1.29, 1.82) is 0 Å². The zero-order valence-corrected chi connectivity index (χ0v) is 11.8. The number of carbonyl (C=O) groups excluding carboxylic acids is 1. The Kier molecular flexibility index (Phi) is 4.27. The number of amides is 1. The summed E-state index contributed by atoms with van der Waals surface area (Å²) in [6.07, 6.45) is 1.41. The zero-order chi connectivity index (χ0) is 15.6. The van der Waals surface area contributed by atoms with E-state index in [2.05, 4.69) is 26.2 Å². The molecular weight excluding hydrogens is 350 g/mol. The van der Waals surface area contributed by atoms with Crippen molar-refractivity contribution in [2.24, 2.45) is 0 Å². The summed E-state index contributed by atoms with van der Waals surface area (Å²) < 4.78 is 26.8. The predicted molar refractivity (Wildman–Crippen MR) is 73.2 cm³/mol. The van der Waals surface area contributed by atoms with E-state index in [4.69, 9.17) is 5.11 Å². The van der Waals surface area contributed by atoms with Crippen molar-refractivity contribution in [2.75, 3.05) is 5.32 Å². The van der Waals surface area contributed by atoms with Crippen molar-refractivity contribution in [2.45, 2.75) is 0 Å². The van der Waals surface area contributed by atoms with Gasteiger partial charge in [0.25, 0.3) is 5.91 Å². The van der Waals surface area contributed by atoms with Gasteiger partial charge in [-0.2, -0.15) is 0 Å². The minimum Gasteiger partial charge on any atom is -0.478 e. The molecule has 21 heavy (non-hydrogen) atoms. The SMILES string of the molecule is O=C(O)c1cc(F)c(F)cc1C(=O)Nc1ncccc1Br. The average molecular weight is 357 g/mol. The number of carbonyl (C=O) groups is 2. The molecule has 0 bridgehead atoms. The van der Waals surface area contributed by atoms with E-state index in [9.17, 15) is 18.4 Å². The second-order valence-corrected chi connectivity index (χ2v) is 4.76. The molecule has 0 aliphatic heterocycles. The maximum absolute atomic E-state index is 13.2. The first-order chi connectivity index (χ1) is 9.90. The van der Waals surface area contributed by atoms with E-state index in [0.29, 0.717) is 16.6 Å². The van der Waals surface area contributed by atoms with E-state index in [-0.39, 0.29) is 5.82 Å². The third-order valence-electron chi connectivity index (χ3n) is 2.53. The lowest BCUT2D eigenvalue weighted by Crippen LogP contribution is -2.18. The first-order valence-electron chi connectivity index (χ1n) is 5.54. The van der Waals surface area contributed by atoms with E-state index < -0.39 is 34.6 Å². The van der Waals surface area contributed by atoms with Gasteiger partial charge in [-0.3, -0.25) is 4.79 Å². The molecule has 5 nitrogen and oxygen atoms in total. The number of nitrogens with zero attached hydrogens (tertiary/aromatic N) is 1. The molecule has 0 saturated carbocycles. The van der Waals surface area contributed by atoms with Crippen molar-refractivity contribution in [3.63, 3.8) is 0 Å². The van der Waals surface area contributed by atoms with Gasteiger partial charge < -0.3 is 10.4 Å². The molecule has 0 saturated heterocycles. The normalized spacial score (nSPS) is 10.2. The van der Waals surface area contributed by atoms with Crippen molar-refractivity contribution >= 4 is 33.6 Å². The van der Waals surface area contributed by atoms with Gasteiger partial charge >= 0.3 is 5.97 Å². The number of hydrogen-bond donors (Lipinski definition) is 2. The summed E-state index contributed by atoms with van der Waals surface area (Å²) in [5.74, 6) is -4.98. The number of carboxylic acid groups (broad SMARTS) is 1. The molecular formula is C13H7BrF2N2O3. The number of benzene rings is 1. The largest absolute Gasteiger partial charge is 0.478 e. The van der Waals surface area contributed by atoms with Crippen LogP contribution in [0.3, 0.4) is 0 Å². The van der Waals surface area contributed by atoms with Gasteiger partial charge in [0.15, 0.2) is 11.6 Å². The number of pyridine rings is 1. The van der Waals surface area contributed by atoms with Gasteiger partial charge in [-0.05, 0) is 40.2 Å². The van der Waals surface area contributed by atoms with Crippen LogP contribution in [0, 0.1) is 11.6 Å². The van der Waals surface area contributed by atoms with Crippen LogP contribution in [0.1, 0.15) is 20.7 Å². The Balaban J connectivity index is 2.42. The Bertz CT molecular complexity index is 737. The molecule has 1 amide bonds. The fourth-order valence-corrected chi connectivity index (χ4v) is 1.92. The lowest BCUT2D eigenvalue weighted by Gasteiger charge is -2.09. The van der Waals surface area contributed by atoms with Gasteiger partial charge in [0.1, 0.15) is 5.82 Å². The van der Waals surface area contributed by atoms with Crippen LogP contribution in [0.4, 0.5) is 14.6 Å². The second-order valence-electron chi connectivity index (χ2n) is 3.91. The van der Waals surface area contributed by atoms with Crippen LogP contribution in [0.15, 0.2) is 34.9 Å². The summed E-state index contributed by atoms with van der Waals surface area (Å²) in [4.78, 5) is 26.9. The molecule has 2 aromatic rings. The molecule has 0 radical (unpaired) electrons. The van der Waals surface area contributed by atoms with Crippen molar-refractivity contribution < 1.29 is 23.5 Å². The summed E-state index contributed by atoms with van der Waals surface area (Å²) >= 11 is 3.14. The Hall–Kier alpha value is -2.35. The lowest BCUT2D eigenvalue weighted by atomic mass is 10.1. The molecule has 0 aliphatic rings. The topological polar surface area (TPSA) is 79.3 Å². The number of anilines is 1. The van der Waals surface area contributed by atoms with Gasteiger partial charge in [-0.1, -0.05) is 0 Å². The maximum Gasteiger partial charge on any atom is 0.336 e. The summed E-state index contributed by atoms with van der Waals surface area (Å²) in [5, 5.41) is 11.3. The monoisotopic (exact) mass is 356 g/mol. The standard InChI is InChI=1S/C13H7BrF2N2O3/c14-8-2-1-3-17-11(8)18-12(19)6-4-9(15)10(16)5-7(6)13(20)21/h1-5H,(H,20,21)(H,17,18,19). The van der Waals surface area contributed by atoms with Gasteiger partial charge in [0, 0.05) is 6.20 Å². The molecule has 1 heterocycles. The van der Waals surface area contributed by atoms with E-state index in [1.165, 1.54) is 6.20 Å². The Labute approximate surface area is 125 Å². The van der Waals surface area contributed by atoms with Gasteiger partial charge in [-0.25, -0.2) is 18.6 Å². The molecule has 0 aliphatic carbocycles. The van der Waals surface area contributed by atoms with Crippen LogP contribution >= 0.6 is 15.9 Å². The number of hydrogen-bond acceptors (Lipinski definition) is 3. The molecule has 2 rings (SSSR count). The minimum atomic E-state index is -1.54. The Morgan fingerprint density at radius 1 is 1.19 bits per heavy atom. The van der Waals surface area contributed by atoms with Crippen molar-refractivity contribution in [3.05, 3.63) is 57.7 Å². The number of halogens is 3. The highest BCUT2D eigenvalue weighted by Gasteiger charge is 2.21. The first kappa shape index (κ1) is 15.0. The third-order valence-corrected chi connectivity index (χ3v) is 3.17. The molecule has 0 unspecified atom stereocenters.